The van der Waals surface area contributed by atoms with Crippen molar-refractivity contribution in [3.8, 4) is 0 Å². The van der Waals surface area contributed by atoms with Gasteiger partial charge >= 0.3 is 0 Å². The molecule has 2 N–H and O–H groups in total. The molecule has 17 heavy (non-hydrogen) atoms. The minimum Gasteiger partial charge on any atom is -0.395 e. The summed E-state index contributed by atoms with van der Waals surface area (Å²) in [6.45, 7) is 2.14. The Bertz CT molecular complexity index is 370. The summed E-state index contributed by atoms with van der Waals surface area (Å²) in [5, 5.41) is 22.0. The summed E-state index contributed by atoms with van der Waals surface area (Å²) in [5.74, 6) is -0.196. The second-order valence-electron chi connectivity index (χ2n) is 3.76. The molecule has 0 spiro atoms. The minimum absolute atomic E-state index is 0.118. The molecule has 0 radical (unpaired) electrons. The van der Waals surface area contributed by atoms with Crippen LogP contribution in [0, 0.1) is 0 Å². The number of carbonyl (C=O) groups excluding carboxylic acids is 1. The summed E-state index contributed by atoms with van der Waals surface area (Å²) in [5.41, 5.74) is 1.27. The Labute approximate surface area is 100 Å². The molecular weight excluding hydrogens is 222 g/mol. The van der Waals surface area contributed by atoms with Crippen molar-refractivity contribution in [1.82, 2.24) is 14.7 Å². The number of hydrogen-bond donors (Lipinski definition) is 2. The maximum Gasteiger partial charge on any atom is 0.257 e. The van der Waals surface area contributed by atoms with E-state index < -0.39 is 0 Å². The Hall–Kier alpha value is -1.40. The van der Waals surface area contributed by atoms with Gasteiger partial charge < -0.3 is 15.1 Å². The SMILES string of the molecule is CCc1nn(C)cc1C(=O)N(CCO)CCO. The summed E-state index contributed by atoms with van der Waals surface area (Å²) in [6.07, 6.45) is 2.34. The average Bonchev–Trinajstić information content (AvgIpc) is 2.69. The molecule has 1 aromatic rings. The summed E-state index contributed by atoms with van der Waals surface area (Å²) in [7, 11) is 1.76. The van der Waals surface area contributed by atoms with E-state index >= 15 is 0 Å². The molecule has 0 atom stereocenters. The fourth-order valence-electron chi connectivity index (χ4n) is 1.70. The van der Waals surface area contributed by atoms with Crippen molar-refractivity contribution in [2.75, 3.05) is 26.3 Å². The lowest BCUT2D eigenvalue weighted by atomic mass is 10.2. The largest absolute Gasteiger partial charge is 0.395 e. The van der Waals surface area contributed by atoms with Gasteiger partial charge in [-0.3, -0.25) is 9.48 Å². The Balaban J connectivity index is 2.91. The number of hydrogen-bond acceptors (Lipinski definition) is 4. The number of aliphatic hydroxyl groups is 2. The van der Waals surface area contributed by atoms with E-state index in [2.05, 4.69) is 5.10 Å². The maximum atomic E-state index is 12.2. The molecule has 0 aliphatic heterocycles. The quantitative estimate of drug-likeness (QED) is 0.697. The second-order valence-corrected chi connectivity index (χ2v) is 3.76. The van der Waals surface area contributed by atoms with Crippen LogP contribution in [-0.2, 0) is 13.5 Å². The Morgan fingerprint density at radius 2 is 2.00 bits per heavy atom. The third-order valence-electron chi connectivity index (χ3n) is 2.50. The fraction of sp³-hybridized carbons (Fsp3) is 0.636. The number of rotatable bonds is 6. The molecule has 0 aliphatic rings. The van der Waals surface area contributed by atoms with Gasteiger partial charge in [-0.25, -0.2) is 0 Å². The highest BCUT2D eigenvalue weighted by atomic mass is 16.3. The van der Waals surface area contributed by atoms with Crippen LogP contribution in [0.15, 0.2) is 6.20 Å². The number of nitrogens with zero attached hydrogens (tertiary/aromatic N) is 3. The number of carbonyl (C=O) groups is 1. The van der Waals surface area contributed by atoms with E-state index in [1.54, 1.807) is 17.9 Å². The van der Waals surface area contributed by atoms with E-state index in [-0.39, 0.29) is 32.2 Å². The summed E-state index contributed by atoms with van der Waals surface area (Å²) < 4.78 is 1.60. The lowest BCUT2D eigenvalue weighted by Gasteiger charge is -2.20. The van der Waals surface area contributed by atoms with Crippen LogP contribution in [0.1, 0.15) is 23.0 Å². The normalized spacial score (nSPS) is 10.6. The molecule has 96 valence electrons. The van der Waals surface area contributed by atoms with Crippen LogP contribution < -0.4 is 0 Å². The van der Waals surface area contributed by atoms with Crippen LogP contribution in [-0.4, -0.2) is 57.1 Å². The van der Waals surface area contributed by atoms with Crippen molar-refractivity contribution in [2.24, 2.45) is 7.05 Å². The van der Waals surface area contributed by atoms with Crippen molar-refractivity contribution in [3.05, 3.63) is 17.5 Å². The first-order chi connectivity index (χ1) is 8.13. The van der Waals surface area contributed by atoms with Crippen LogP contribution >= 0.6 is 0 Å². The molecule has 0 bridgehead atoms. The number of aryl methyl sites for hydroxylation is 2. The zero-order valence-corrected chi connectivity index (χ0v) is 10.3. The lowest BCUT2D eigenvalue weighted by molar-refractivity contribution is 0.0683. The third-order valence-corrected chi connectivity index (χ3v) is 2.50. The highest BCUT2D eigenvalue weighted by molar-refractivity contribution is 5.95. The van der Waals surface area contributed by atoms with Gasteiger partial charge in [0.05, 0.1) is 24.5 Å². The standard InChI is InChI=1S/C11H19N3O3/c1-3-10-9(8-13(2)12-10)11(17)14(4-6-15)5-7-16/h8,15-16H,3-7H2,1-2H3. The fourth-order valence-corrected chi connectivity index (χ4v) is 1.70. The summed E-state index contributed by atoms with van der Waals surface area (Å²) >= 11 is 0. The summed E-state index contributed by atoms with van der Waals surface area (Å²) in [4.78, 5) is 13.6. The molecule has 0 unspecified atom stereocenters. The lowest BCUT2D eigenvalue weighted by Crippen LogP contribution is -2.36. The first-order valence-corrected chi connectivity index (χ1v) is 5.67. The molecule has 1 heterocycles. The zero-order chi connectivity index (χ0) is 12.8. The van der Waals surface area contributed by atoms with E-state index in [1.807, 2.05) is 6.92 Å². The highest BCUT2D eigenvalue weighted by Gasteiger charge is 2.20. The van der Waals surface area contributed by atoms with Gasteiger partial charge in [-0.2, -0.15) is 5.10 Å². The van der Waals surface area contributed by atoms with Gasteiger partial charge in [0.2, 0.25) is 0 Å². The predicted octanol–water partition coefficient (Wildman–Crippen LogP) is -0.591. The molecule has 1 aromatic heterocycles. The zero-order valence-electron chi connectivity index (χ0n) is 10.3. The second kappa shape index (κ2) is 6.36. The van der Waals surface area contributed by atoms with Crippen LogP contribution in [0.2, 0.25) is 0 Å². The molecule has 1 rings (SSSR count). The monoisotopic (exact) mass is 241 g/mol. The van der Waals surface area contributed by atoms with Gasteiger partial charge in [-0.05, 0) is 6.42 Å². The number of amides is 1. The van der Waals surface area contributed by atoms with E-state index in [0.29, 0.717) is 12.0 Å². The third kappa shape index (κ3) is 3.28. The van der Waals surface area contributed by atoms with E-state index in [4.69, 9.17) is 10.2 Å². The highest BCUT2D eigenvalue weighted by Crippen LogP contribution is 2.10. The van der Waals surface area contributed by atoms with Crippen molar-refractivity contribution in [2.45, 2.75) is 13.3 Å². The summed E-state index contributed by atoms with van der Waals surface area (Å²) in [6, 6.07) is 0. The molecular formula is C11H19N3O3. The van der Waals surface area contributed by atoms with Crippen molar-refractivity contribution < 1.29 is 15.0 Å². The molecule has 6 nitrogen and oxygen atoms in total. The topological polar surface area (TPSA) is 78.6 Å². The van der Waals surface area contributed by atoms with Gasteiger partial charge in [0, 0.05) is 26.3 Å². The first-order valence-electron chi connectivity index (χ1n) is 5.67. The van der Waals surface area contributed by atoms with Gasteiger partial charge in [-0.15, -0.1) is 0 Å². The molecule has 6 heteroatoms. The molecule has 1 amide bonds. The molecule has 0 saturated carbocycles. The maximum absolute atomic E-state index is 12.2. The van der Waals surface area contributed by atoms with Crippen molar-refractivity contribution in [1.29, 1.82) is 0 Å². The molecule has 0 aliphatic carbocycles. The number of aromatic nitrogens is 2. The van der Waals surface area contributed by atoms with Gasteiger partial charge in [0.15, 0.2) is 0 Å². The van der Waals surface area contributed by atoms with Crippen LogP contribution in [0.3, 0.4) is 0 Å². The van der Waals surface area contributed by atoms with Gasteiger partial charge in [-0.1, -0.05) is 6.92 Å². The Kier molecular flexibility index (Phi) is 5.11. The van der Waals surface area contributed by atoms with E-state index in [0.717, 1.165) is 5.69 Å². The minimum atomic E-state index is -0.196. The van der Waals surface area contributed by atoms with Gasteiger partial charge in [0.1, 0.15) is 0 Å². The van der Waals surface area contributed by atoms with E-state index in [1.165, 1.54) is 4.90 Å². The molecule has 0 fully saturated rings. The molecule has 0 aromatic carbocycles. The number of aliphatic hydroxyl groups excluding tert-OH is 2. The van der Waals surface area contributed by atoms with Crippen molar-refractivity contribution in [3.63, 3.8) is 0 Å². The van der Waals surface area contributed by atoms with E-state index in [9.17, 15) is 4.79 Å². The predicted molar refractivity (Wildman–Crippen MR) is 62.7 cm³/mol. The van der Waals surface area contributed by atoms with Crippen LogP contribution in [0.4, 0.5) is 0 Å². The Morgan fingerprint density at radius 3 is 2.47 bits per heavy atom. The van der Waals surface area contributed by atoms with Gasteiger partial charge in [0.25, 0.3) is 5.91 Å². The smallest absolute Gasteiger partial charge is 0.257 e. The average molecular weight is 241 g/mol. The Morgan fingerprint density at radius 1 is 1.41 bits per heavy atom. The molecule has 0 saturated heterocycles. The van der Waals surface area contributed by atoms with Crippen LogP contribution in [0.25, 0.3) is 0 Å². The van der Waals surface area contributed by atoms with Crippen LogP contribution in [0.5, 0.6) is 0 Å². The van der Waals surface area contributed by atoms with Crippen molar-refractivity contribution >= 4 is 5.91 Å². The first kappa shape index (κ1) is 13.7.